The van der Waals surface area contributed by atoms with Crippen molar-refractivity contribution in [2.75, 3.05) is 26.2 Å². The van der Waals surface area contributed by atoms with Gasteiger partial charge in [0.25, 0.3) is 0 Å². The van der Waals surface area contributed by atoms with E-state index in [4.69, 9.17) is 5.73 Å². The fraction of sp³-hybridized carbons (Fsp3) is 0.647. The van der Waals surface area contributed by atoms with Crippen LogP contribution in [-0.2, 0) is 12.8 Å². The number of hydrogen-bond acceptors (Lipinski definition) is 2. The lowest BCUT2D eigenvalue weighted by atomic mass is 9.97. The molecule has 0 spiro atoms. The summed E-state index contributed by atoms with van der Waals surface area (Å²) in [5.41, 5.74) is 8.82. The number of nitrogens with two attached hydrogens (primary N) is 1. The predicted molar refractivity (Wildman–Crippen MR) is 82.4 cm³/mol. The highest BCUT2D eigenvalue weighted by Crippen LogP contribution is 2.15. The van der Waals surface area contributed by atoms with Gasteiger partial charge in [-0.25, -0.2) is 0 Å². The minimum absolute atomic E-state index is 0.602. The fourth-order valence-corrected chi connectivity index (χ4v) is 2.97. The molecule has 1 atom stereocenters. The van der Waals surface area contributed by atoms with Gasteiger partial charge in [-0.3, -0.25) is 0 Å². The van der Waals surface area contributed by atoms with Crippen LogP contribution >= 0.6 is 0 Å². The van der Waals surface area contributed by atoms with Crippen molar-refractivity contribution in [3.05, 3.63) is 35.4 Å². The molecule has 1 aromatic carbocycles. The Hall–Kier alpha value is -0.860. The van der Waals surface area contributed by atoms with Crippen molar-refractivity contribution in [3.8, 4) is 0 Å². The monoisotopic (exact) mass is 260 g/mol. The van der Waals surface area contributed by atoms with Crippen LogP contribution in [0.2, 0.25) is 0 Å². The molecule has 1 unspecified atom stereocenters. The molecule has 2 heteroatoms. The number of nitrogens with zero attached hydrogens (tertiary/aromatic N) is 1. The van der Waals surface area contributed by atoms with Crippen LogP contribution in [-0.4, -0.2) is 31.1 Å². The summed E-state index contributed by atoms with van der Waals surface area (Å²) in [5, 5.41) is 0. The molecule has 2 nitrogen and oxygen atoms in total. The van der Waals surface area contributed by atoms with Gasteiger partial charge in [0.1, 0.15) is 0 Å². The van der Waals surface area contributed by atoms with Crippen LogP contribution < -0.4 is 5.73 Å². The van der Waals surface area contributed by atoms with Gasteiger partial charge in [0.05, 0.1) is 0 Å². The molecule has 1 aliphatic rings. The van der Waals surface area contributed by atoms with E-state index in [-0.39, 0.29) is 0 Å². The smallest absolute Gasteiger partial charge is 0.00249 e. The molecule has 19 heavy (non-hydrogen) atoms. The SMILES string of the molecule is CCc1ccc(CC(CN)CN2CCCCC2)cc1. The molecule has 0 radical (unpaired) electrons. The molecule has 2 rings (SSSR count). The Labute approximate surface area is 118 Å². The minimum Gasteiger partial charge on any atom is -0.330 e. The molecule has 0 saturated carbocycles. The van der Waals surface area contributed by atoms with E-state index in [9.17, 15) is 0 Å². The maximum Gasteiger partial charge on any atom is 0.00249 e. The standard InChI is InChI=1S/C17H28N2/c1-2-15-6-8-16(9-7-15)12-17(13-18)14-19-10-4-3-5-11-19/h6-9,17H,2-5,10-14,18H2,1H3. The minimum atomic E-state index is 0.602. The highest BCUT2D eigenvalue weighted by molar-refractivity contribution is 5.22. The summed E-state index contributed by atoms with van der Waals surface area (Å²) in [4.78, 5) is 2.60. The van der Waals surface area contributed by atoms with Crippen molar-refractivity contribution < 1.29 is 0 Å². The number of piperidine rings is 1. The number of hydrogen-bond donors (Lipinski definition) is 1. The Morgan fingerprint density at radius 3 is 2.26 bits per heavy atom. The van der Waals surface area contributed by atoms with Gasteiger partial charge in [-0.15, -0.1) is 0 Å². The van der Waals surface area contributed by atoms with Crippen LogP contribution in [0, 0.1) is 5.92 Å². The van der Waals surface area contributed by atoms with E-state index < -0.39 is 0 Å². The normalized spacial score (nSPS) is 18.4. The Morgan fingerprint density at radius 1 is 1.05 bits per heavy atom. The van der Waals surface area contributed by atoms with Gasteiger partial charge in [-0.1, -0.05) is 37.6 Å². The largest absolute Gasteiger partial charge is 0.330 e. The maximum atomic E-state index is 5.97. The molecule has 0 aliphatic carbocycles. The van der Waals surface area contributed by atoms with Crippen molar-refractivity contribution in [1.29, 1.82) is 0 Å². The van der Waals surface area contributed by atoms with Gasteiger partial charge in [0.15, 0.2) is 0 Å². The third-order valence-corrected chi connectivity index (χ3v) is 4.25. The lowest BCUT2D eigenvalue weighted by molar-refractivity contribution is 0.196. The zero-order valence-corrected chi connectivity index (χ0v) is 12.3. The Morgan fingerprint density at radius 2 is 1.68 bits per heavy atom. The first kappa shape index (κ1) is 14.5. The average Bonchev–Trinajstić information content (AvgIpc) is 2.48. The summed E-state index contributed by atoms with van der Waals surface area (Å²) >= 11 is 0. The third kappa shape index (κ3) is 4.63. The van der Waals surface area contributed by atoms with Gasteiger partial charge < -0.3 is 10.6 Å². The number of rotatable bonds is 6. The lowest BCUT2D eigenvalue weighted by Crippen LogP contribution is -2.37. The first-order valence-electron chi connectivity index (χ1n) is 7.82. The number of aryl methyl sites for hydroxylation is 1. The van der Waals surface area contributed by atoms with Crippen molar-refractivity contribution >= 4 is 0 Å². The van der Waals surface area contributed by atoms with Gasteiger partial charge in [0, 0.05) is 6.54 Å². The first-order chi connectivity index (χ1) is 9.31. The predicted octanol–water partition coefficient (Wildman–Crippen LogP) is 2.85. The van der Waals surface area contributed by atoms with Crippen LogP contribution in [0.5, 0.6) is 0 Å². The Balaban J connectivity index is 1.86. The second-order valence-corrected chi connectivity index (χ2v) is 5.84. The van der Waals surface area contributed by atoms with Gasteiger partial charge in [-0.2, -0.15) is 0 Å². The topological polar surface area (TPSA) is 29.3 Å². The van der Waals surface area contributed by atoms with E-state index in [1.165, 1.54) is 50.0 Å². The van der Waals surface area contributed by atoms with Gasteiger partial charge in [0.2, 0.25) is 0 Å². The summed E-state index contributed by atoms with van der Waals surface area (Å²) < 4.78 is 0. The van der Waals surface area contributed by atoms with Crippen LogP contribution in [0.15, 0.2) is 24.3 Å². The maximum absolute atomic E-state index is 5.97. The molecule has 0 amide bonds. The molecular weight excluding hydrogens is 232 g/mol. The molecule has 1 fully saturated rings. The molecule has 1 aliphatic heterocycles. The van der Waals surface area contributed by atoms with Gasteiger partial charge >= 0.3 is 0 Å². The summed E-state index contributed by atoms with van der Waals surface area (Å²) in [5.74, 6) is 0.602. The zero-order chi connectivity index (χ0) is 13.5. The van der Waals surface area contributed by atoms with Crippen LogP contribution in [0.25, 0.3) is 0 Å². The van der Waals surface area contributed by atoms with Crippen molar-refractivity contribution in [3.63, 3.8) is 0 Å². The third-order valence-electron chi connectivity index (χ3n) is 4.25. The van der Waals surface area contributed by atoms with Crippen LogP contribution in [0.4, 0.5) is 0 Å². The van der Waals surface area contributed by atoms with Crippen LogP contribution in [0.3, 0.4) is 0 Å². The molecular formula is C17H28N2. The second kappa shape index (κ2) is 7.66. The molecule has 0 bridgehead atoms. The fourth-order valence-electron chi connectivity index (χ4n) is 2.97. The van der Waals surface area contributed by atoms with Crippen molar-refractivity contribution in [1.82, 2.24) is 4.90 Å². The summed E-state index contributed by atoms with van der Waals surface area (Å²) in [6.07, 6.45) is 6.37. The van der Waals surface area contributed by atoms with Crippen molar-refractivity contribution in [2.45, 2.75) is 39.0 Å². The zero-order valence-electron chi connectivity index (χ0n) is 12.3. The van der Waals surface area contributed by atoms with E-state index >= 15 is 0 Å². The molecule has 1 aromatic rings. The second-order valence-electron chi connectivity index (χ2n) is 5.84. The lowest BCUT2D eigenvalue weighted by Gasteiger charge is -2.30. The van der Waals surface area contributed by atoms with E-state index in [0.29, 0.717) is 5.92 Å². The summed E-state index contributed by atoms with van der Waals surface area (Å²) in [6.45, 7) is 6.71. The molecule has 1 heterocycles. The quantitative estimate of drug-likeness (QED) is 0.852. The highest BCUT2D eigenvalue weighted by atomic mass is 15.1. The highest BCUT2D eigenvalue weighted by Gasteiger charge is 2.15. The van der Waals surface area contributed by atoms with E-state index in [0.717, 1.165) is 19.4 Å². The van der Waals surface area contributed by atoms with E-state index in [1.54, 1.807) is 0 Å². The van der Waals surface area contributed by atoms with Crippen molar-refractivity contribution in [2.24, 2.45) is 11.7 Å². The average molecular weight is 260 g/mol. The van der Waals surface area contributed by atoms with Gasteiger partial charge in [-0.05, 0) is 62.4 Å². The first-order valence-corrected chi connectivity index (χ1v) is 7.82. The molecule has 0 aromatic heterocycles. The molecule has 2 N–H and O–H groups in total. The molecule has 106 valence electrons. The number of benzene rings is 1. The van der Waals surface area contributed by atoms with Crippen LogP contribution in [0.1, 0.15) is 37.3 Å². The summed E-state index contributed by atoms with van der Waals surface area (Å²) in [6, 6.07) is 9.06. The molecule has 1 saturated heterocycles. The Bertz CT molecular complexity index is 352. The van der Waals surface area contributed by atoms with E-state index in [2.05, 4.69) is 36.1 Å². The van der Waals surface area contributed by atoms with E-state index in [1.807, 2.05) is 0 Å². The number of likely N-dealkylation sites (tertiary alicyclic amines) is 1. The summed E-state index contributed by atoms with van der Waals surface area (Å²) in [7, 11) is 0. The Kier molecular flexibility index (Phi) is 5.87.